The Morgan fingerprint density at radius 1 is 1.20 bits per heavy atom. The van der Waals surface area contributed by atoms with Gasteiger partial charge in [0.1, 0.15) is 13.2 Å². The van der Waals surface area contributed by atoms with Crippen molar-refractivity contribution in [2.75, 3.05) is 13.2 Å². The van der Waals surface area contributed by atoms with Gasteiger partial charge in [0.2, 0.25) is 0 Å². The van der Waals surface area contributed by atoms with Crippen molar-refractivity contribution in [1.82, 2.24) is 0 Å². The molecule has 0 saturated carbocycles. The van der Waals surface area contributed by atoms with Crippen LogP contribution >= 0.6 is 0 Å². The fourth-order valence-electron chi connectivity index (χ4n) is 1.47. The summed E-state index contributed by atoms with van der Waals surface area (Å²) in [6.07, 6.45) is -0.216. The van der Waals surface area contributed by atoms with Crippen LogP contribution < -0.4 is 9.47 Å². The molecule has 1 aliphatic rings. The number of alkyl halides is 2. The molecule has 0 atom stereocenters. The van der Waals surface area contributed by atoms with E-state index in [2.05, 4.69) is 0 Å². The maximum Gasteiger partial charge on any atom is 0.273 e. The van der Waals surface area contributed by atoms with E-state index < -0.39 is 5.92 Å². The molecule has 0 N–H and O–H groups in total. The van der Waals surface area contributed by atoms with Crippen LogP contribution in [-0.2, 0) is 5.92 Å². The van der Waals surface area contributed by atoms with Gasteiger partial charge in [-0.1, -0.05) is 6.92 Å². The topological polar surface area (TPSA) is 18.5 Å². The lowest BCUT2D eigenvalue weighted by Crippen LogP contribution is -2.17. The van der Waals surface area contributed by atoms with Crippen molar-refractivity contribution >= 4 is 0 Å². The van der Waals surface area contributed by atoms with E-state index >= 15 is 0 Å². The number of halogens is 2. The molecule has 0 bridgehead atoms. The van der Waals surface area contributed by atoms with E-state index in [0.29, 0.717) is 24.7 Å². The summed E-state index contributed by atoms with van der Waals surface area (Å²) in [5.74, 6) is -1.85. The molecule has 82 valence electrons. The highest BCUT2D eigenvalue weighted by Gasteiger charge is 2.30. The Morgan fingerprint density at radius 3 is 2.53 bits per heavy atom. The predicted molar refractivity (Wildman–Crippen MR) is 51.6 cm³/mol. The van der Waals surface area contributed by atoms with Gasteiger partial charge >= 0.3 is 0 Å². The lowest BCUT2D eigenvalue weighted by molar-refractivity contribution is -0.00871. The van der Waals surface area contributed by atoms with Crippen LogP contribution in [0.25, 0.3) is 0 Å². The molecule has 2 nitrogen and oxygen atoms in total. The molecule has 0 aromatic heterocycles. The lowest BCUT2D eigenvalue weighted by Gasteiger charge is -2.21. The Balaban J connectivity index is 2.36. The third kappa shape index (κ3) is 1.89. The molecule has 15 heavy (non-hydrogen) atoms. The molecule has 0 saturated heterocycles. The van der Waals surface area contributed by atoms with Gasteiger partial charge in [0.15, 0.2) is 11.5 Å². The van der Waals surface area contributed by atoms with Gasteiger partial charge in [0, 0.05) is 12.0 Å². The number of ether oxygens (including phenoxy) is 2. The standard InChI is InChI=1S/C11H12F2O2/c1-2-11(12,13)8-3-4-9-10(7-8)15-6-5-14-9/h3-4,7H,2,5-6H2,1H3. The largest absolute Gasteiger partial charge is 0.486 e. The summed E-state index contributed by atoms with van der Waals surface area (Å²) in [6, 6.07) is 4.28. The number of fused-ring (bicyclic) bond motifs is 1. The van der Waals surface area contributed by atoms with Crippen LogP contribution in [-0.4, -0.2) is 13.2 Å². The zero-order chi connectivity index (χ0) is 10.9. The summed E-state index contributed by atoms with van der Waals surface area (Å²) in [6.45, 7) is 2.33. The van der Waals surface area contributed by atoms with Crippen molar-refractivity contribution in [3.05, 3.63) is 23.8 Å². The lowest BCUT2D eigenvalue weighted by atomic mass is 10.1. The normalized spacial score (nSPS) is 15.1. The second kappa shape index (κ2) is 3.68. The Bertz CT molecular complexity index is 364. The molecule has 0 unspecified atom stereocenters. The minimum atomic E-state index is -2.80. The van der Waals surface area contributed by atoms with E-state index in [0.717, 1.165) is 0 Å². The SMILES string of the molecule is CCC(F)(F)c1ccc2c(c1)OCCO2. The molecule has 0 fully saturated rings. The molecule has 1 aromatic carbocycles. The summed E-state index contributed by atoms with van der Waals surface area (Å²) in [7, 11) is 0. The average Bonchev–Trinajstić information content (AvgIpc) is 2.28. The van der Waals surface area contributed by atoms with Crippen LogP contribution in [0.2, 0.25) is 0 Å². The van der Waals surface area contributed by atoms with E-state index in [-0.39, 0.29) is 12.0 Å². The first-order valence-electron chi connectivity index (χ1n) is 4.91. The Hall–Kier alpha value is -1.32. The van der Waals surface area contributed by atoms with Gasteiger partial charge in [-0.25, -0.2) is 8.78 Å². The minimum Gasteiger partial charge on any atom is -0.486 e. The maximum atomic E-state index is 13.4. The molecule has 2 rings (SSSR count). The molecular weight excluding hydrogens is 202 g/mol. The van der Waals surface area contributed by atoms with Crippen LogP contribution in [0.1, 0.15) is 18.9 Å². The average molecular weight is 214 g/mol. The van der Waals surface area contributed by atoms with Crippen molar-refractivity contribution in [1.29, 1.82) is 0 Å². The van der Waals surface area contributed by atoms with E-state index in [1.165, 1.54) is 25.1 Å². The van der Waals surface area contributed by atoms with E-state index in [9.17, 15) is 8.78 Å². The second-order valence-corrected chi connectivity index (χ2v) is 3.42. The first-order valence-corrected chi connectivity index (χ1v) is 4.91. The van der Waals surface area contributed by atoms with E-state index in [1.54, 1.807) is 0 Å². The zero-order valence-corrected chi connectivity index (χ0v) is 8.43. The molecular formula is C11H12F2O2. The summed E-state index contributed by atoms with van der Waals surface area (Å²) >= 11 is 0. The number of benzene rings is 1. The smallest absolute Gasteiger partial charge is 0.273 e. The molecule has 0 spiro atoms. The van der Waals surface area contributed by atoms with Crippen LogP contribution in [0.3, 0.4) is 0 Å². The maximum absolute atomic E-state index is 13.4. The Labute approximate surface area is 86.8 Å². The van der Waals surface area contributed by atoms with Crippen molar-refractivity contribution in [2.24, 2.45) is 0 Å². The fraction of sp³-hybridized carbons (Fsp3) is 0.455. The Kier molecular flexibility index (Phi) is 2.50. The van der Waals surface area contributed by atoms with Crippen LogP contribution in [0.15, 0.2) is 18.2 Å². The van der Waals surface area contributed by atoms with Crippen molar-refractivity contribution in [3.8, 4) is 11.5 Å². The second-order valence-electron chi connectivity index (χ2n) is 3.42. The fourth-order valence-corrected chi connectivity index (χ4v) is 1.47. The van der Waals surface area contributed by atoms with Gasteiger partial charge < -0.3 is 9.47 Å². The van der Waals surface area contributed by atoms with Crippen molar-refractivity contribution in [3.63, 3.8) is 0 Å². The summed E-state index contributed by atoms with van der Waals surface area (Å²) < 4.78 is 37.2. The van der Waals surface area contributed by atoms with Gasteiger partial charge in [-0.05, 0) is 18.2 Å². The summed E-state index contributed by atoms with van der Waals surface area (Å²) in [5.41, 5.74) is -0.0192. The van der Waals surface area contributed by atoms with Gasteiger partial charge in [-0.2, -0.15) is 0 Å². The van der Waals surface area contributed by atoms with Gasteiger partial charge in [0.25, 0.3) is 5.92 Å². The highest BCUT2D eigenvalue weighted by Crippen LogP contribution is 2.38. The number of hydrogen-bond acceptors (Lipinski definition) is 2. The monoisotopic (exact) mass is 214 g/mol. The third-order valence-electron chi connectivity index (χ3n) is 2.41. The molecule has 1 heterocycles. The molecule has 1 aromatic rings. The van der Waals surface area contributed by atoms with Gasteiger partial charge in [-0.3, -0.25) is 0 Å². The highest BCUT2D eigenvalue weighted by molar-refractivity contribution is 5.44. The molecule has 0 radical (unpaired) electrons. The van der Waals surface area contributed by atoms with Gasteiger partial charge in [-0.15, -0.1) is 0 Å². The van der Waals surface area contributed by atoms with Crippen molar-refractivity contribution < 1.29 is 18.3 Å². The minimum absolute atomic E-state index is 0.0192. The molecule has 4 heteroatoms. The van der Waals surface area contributed by atoms with E-state index in [4.69, 9.17) is 9.47 Å². The van der Waals surface area contributed by atoms with Crippen LogP contribution in [0.5, 0.6) is 11.5 Å². The zero-order valence-electron chi connectivity index (χ0n) is 8.43. The number of rotatable bonds is 2. The van der Waals surface area contributed by atoms with Crippen LogP contribution in [0, 0.1) is 0 Å². The summed E-state index contributed by atoms with van der Waals surface area (Å²) in [4.78, 5) is 0. The first-order chi connectivity index (χ1) is 7.13. The third-order valence-corrected chi connectivity index (χ3v) is 2.41. The van der Waals surface area contributed by atoms with Crippen LogP contribution in [0.4, 0.5) is 8.78 Å². The summed E-state index contributed by atoms with van der Waals surface area (Å²) in [5, 5.41) is 0. The molecule has 1 aliphatic heterocycles. The quantitative estimate of drug-likeness (QED) is 0.753. The predicted octanol–water partition coefficient (Wildman–Crippen LogP) is 2.96. The first kappa shape index (κ1) is 10.2. The van der Waals surface area contributed by atoms with E-state index in [1.807, 2.05) is 0 Å². The van der Waals surface area contributed by atoms with Crippen molar-refractivity contribution in [2.45, 2.75) is 19.3 Å². The van der Waals surface area contributed by atoms with Gasteiger partial charge in [0.05, 0.1) is 0 Å². The number of hydrogen-bond donors (Lipinski definition) is 0. The highest BCUT2D eigenvalue weighted by atomic mass is 19.3. The molecule has 0 amide bonds. The molecule has 0 aliphatic carbocycles. The Morgan fingerprint density at radius 2 is 1.87 bits per heavy atom.